The minimum Gasteiger partial charge on any atom is -0.453 e. The number of hydrogen-bond acceptors (Lipinski definition) is 8. The number of aromatic amines is 1. The van der Waals surface area contributed by atoms with Gasteiger partial charge in [0.25, 0.3) is 0 Å². The third-order valence-electron chi connectivity index (χ3n) is 12.3. The highest BCUT2D eigenvalue weighted by Crippen LogP contribution is 2.55. The highest BCUT2D eigenvalue weighted by Gasteiger charge is 2.55. The summed E-state index contributed by atoms with van der Waals surface area (Å²) in [5, 5.41) is 2.71. The zero-order valence-corrected chi connectivity index (χ0v) is 30.7. The summed E-state index contributed by atoms with van der Waals surface area (Å²) in [5.41, 5.74) is 7.66. The number of amides is 2. The van der Waals surface area contributed by atoms with Crippen LogP contribution in [0, 0.1) is 5.92 Å². The number of benzene rings is 2. The molecule has 2 aromatic carbocycles. The molecule has 12 heteroatoms. The van der Waals surface area contributed by atoms with E-state index in [4.69, 9.17) is 28.5 Å². The van der Waals surface area contributed by atoms with Gasteiger partial charge in [-0.05, 0) is 98.0 Å². The fourth-order valence-electron chi connectivity index (χ4n) is 8.86. The fraction of sp³-hybridized carbons (Fsp3) is 0.564. The third kappa shape index (κ3) is 5.79. The Bertz CT molecular complexity index is 1820. The van der Waals surface area contributed by atoms with Crippen LogP contribution < -0.4 is 10.8 Å². The van der Waals surface area contributed by atoms with Crippen molar-refractivity contribution in [2.24, 2.45) is 5.92 Å². The monoisotopic (exact) mass is 696 g/mol. The van der Waals surface area contributed by atoms with Gasteiger partial charge in [-0.3, -0.25) is 4.79 Å². The summed E-state index contributed by atoms with van der Waals surface area (Å²) < 4.78 is 30.0. The lowest BCUT2D eigenvalue weighted by atomic mass is 9.70. The van der Waals surface area contributed by atoms with Gasteiger partial charge in [-0.2, -0.15) is 0 Å². The molecule has 1 aromatic heterocycles. The second-order valence-electron chi connectivity index (χ2n) is 16.2. The normalized spacial score (nSPS) is 25.9. The molecule has 2 amide bonds. The standard InChI is InChI=1S/C39H49BN4O7/c1-22(2)33(43-36(46)47-7)35(45)44-21-39(48-16-17-49-39)19-30(44)34-41-20-29(42-34)24-10-8-23(9-11-24)27-14-15-28(32-26-13-12-25(18-26)31(27)32)40-50-37(3,4)38(5,6)51-40/h8-11,14-15,20,22,25-26,30,33H,12-13,16-19,21H2,1-7H3,(H,41,42)(H,43,46)/t25?,26?,30-,33-/m0/s1. The molecule has 3 aliphatic heterocycles. The highest BCUT2D eigenvalue weighted by atomic mass is 16.7. The Morgan fingerprint density at radius 1 is 0.961 bits per heavy atom. The molecule has 4 fully saturated rings. The van der Waals surface area contributed by atoms with Crippen LogP contribution in [0.4, 0.5) is 4.79 Å². The Morgan fingerprint density at radius 2 is 1.61 bits per heavy atom. The van der Waals surface area contributed by atoms with Gasteiger partial charge < -0.3 is 38.7 Å². The zero-order chi connectivity index (χ0) is 35.9. The lowest BCUT2D eigenvalue weighted by Crippen LogP contribution is -2.52. The molecule has 5 aliphatic rings. The molecule has 1 spiro atoms. The molecule has 51 heavy (non-hydrogen) atoms. The molecule has 3 aromatic rings. The summed E-state index contributed by atoms with van der Waals surface area (Å²) in [4.78, 5) is 36.1. The van der Waals surface area contributed by atoms with Crippen LogP contribution in [0.2, 0.25) is 0 Å². The summed E-state index contributed by atoms with van der Waals surface area (Å²) in [7, 11) is 0.930. The first-order valence-corrected chi connectivity index (χ1v) is 18.4. The third-order valence-corrected chi connectivity index (χ3v) is 12.3. The number of nitrogens with zero attached hydrogens (tertiary/aromatic N) is 2. The summed E-state index contributed by atoms with van der Waals surface area (Å²) in [6.07, 6.45) is 5.24. The number of alkyl carbamates (subject to hydrolysis) is 1. The molecule has 3 saturated heterocycles. The van der Waals surface area contributed by atoms with E-state index < -0.39 is 24.0 Å². The minimum atomic E-state index is -0.903. The number of hydrogen-bond donors (Lipinski definition) is 2. The minimum absolute atomic E-state index is 0.166. The Labute approximate surface area is 300 Å². The number of methoxy groups -OCH3 is 1. The van der Waals surface area contributed by atoms with Gasteiger partial charge in [0.1, 0.15) is 11.9 Å². The molecule has 1 saturated carbocycles. The number of aromatic nitrogens is 2. The maximum atomic E-state index is 14.0. The number of imidazole rings is 1. The molecule has 2 unspecified atom stereocenters. The van der Waals surface area contributed by atoms with Crippen LogP contribution >= 0.6 is 0 Å². The largest absolute Gasteiger partial charge is 0.495 e. The van der Waals surface area contributed by atoms with Crippen LogP contribution in [0.25, 0.3) is 22.4 Å². The molecule has 4 heterocycles. The highest BCUT2D eigenvalue weighted by molar-refractivity contribution is 6.62. The van der Waals surface area contributed by atoms with Crippen molar-refractivity contribution in [2.45, 2.75) is 108 Å². The molecule has 2 aliphatic carbocycles. The lowest BCUT2D eigenvalue weighted by molar-refractivity contribution is -0.153. The smallest absolute Gasteiger partial charge is 0.453 e. The van der Waals surface area contributed by atoms with Crippen molar-refractivity contribution < 1.29 is 33.1 Å². The van der Waals surface area contributed by atoms with E-state index in [0.717, 1.165) is 11.3 Å². The molecule has 4 atom stereocenters. The predicted octanol–water partition coefficient (Wildman–Crippen LogP) is 5.80. The summed E-state index contributed by atoms with van der Waals surface area (Å²) in [6, 6.07) is 11.9. The first-order chi connectivity index (χ1) is 24.3. The number of rotatable bonds is 7. The van der Waals surface area contributed by atoms with Crippen molar-refractivity contribution in [3.63, 3.8) is 0 Å². The van der Waals surface area contributed by atoms with Gasteiger partial charge >= 0.3 is 13.2 Å². The maximum absolute atomic E-state index is 14.0. The number of nitrogens with one attached hydrogen (secondary N) is 2. The van der Waals surface area contributed by atoms with Crippen molar-refractivity contribution in [1.82, 2.24) is 20.2 Å². The van der Waals surface area contributed by atoms with E-state index in [1.165, 1.54) is 54.1 Å². The molecule has 8 rings (SSSR count). The number of H-pyrrole nitrogens is 1. The number of ether oxygens (including phenoxy) is 3. The van der Waals surface area contributed by atoms with Crippen molar-refractivity contribution in [1.29, 1.82) is 0 Å². The molecule has 270 valence electrons. The van der Waals surface area contributed by atoms with Gasteiger partial charge in [-0.25, -0.2) is 9.78 Å². The molecule has 11 nitrogen and oxygen atoms in total. The number of likely N-dealkylation sites (tertiary alicyclic amines) is 1. The Morgan fingerprint density at radius 3 is 2.25 bits per heavy atom. The van der Waals surface area contributed by atoms with E-state index in [9.17, 15) is 9.59 Å². The second kappa shape index (κ2) is 12.5. The second-order valence-corrected chi connectivity index (χ2v) is 16.2. The van der Waals surface area contributed by atoms with Gasteiger partial charge in [-0.15, -0.1) is 0 Å². The number of carbonyl (C=O) groups is 2. The van der Waals surface area contributed by atoms with Gasteiger partial charge in [0.15, 0.2) is 5.79 Å². The van der Waals surface area contributed by atoms with E-state index in [-0.39, 0.29) is 36.7 Å². The Balaban J connectivity index is 1.06. The van der Waals surface area contributed by atoms with E-state index in [1.54, 1.807) is 4.90 Å². The van der Waals surface area contributed by atoms with Crippen molar-refractivity contribution >= 4 is 24.6 Å². The first-order valence-electron chi connectivity index (χ1n) is 18.4. The first kappa shape index (κ1) is 34.4. The molecule has 2 N–H and O–H groups in total. The van der Waals surface area contributed by atoms with Crippen LogP contribution in [0.15, 0.2) is 42.6 Å². The van der Waals surface area contributed by atoms with Gasteiger partial charge in [0, 0.05) is 6.42 Å². The summed E-state index contributed by atoms with van der Waals surface area (Å²) in [6.45, 7) is 13.4. The van der Waals surface area contributed by atoms with Crippen LogP contribution in [0.1, 0.15) is 102 Å². The molecular formula is C39H49BN4O7. The van der Waals surface area contributed by atoms with Crippen molar-refractivity contribution in [3.8, 4) is 22.4 Å². The average molecular weight is 697 g/mol. The number of fused-ring (bicyclic) bond motifs is 5. The van der Waals surface area contributed by atoms with E-state index in [1.807, 2.05) is 20.0 Å². The van der Waals surface area contributed by atoms with Crippen LogP contribution in [0.5, 0.6) is 0 Å². The predicted molar refractivity (Wildman–Crippen MR) is 192 cm³/mol. The summed E-state index contributed by atoms with van der Waals surface area (Å²) in [5.74, 6) is 0.453. The maximum Gasteiger partial charge on any atom is 0.495 e. The number of carbonyl (C=O) groups excluding carboxylic acids is 2. The van der Waals surface area contributed by atoms with Gasteiger partial charge in [0.05, 0.1) is 56.0 Å². The Kier molecular flexibility index (Phi) is 8.40. The quantitative estimate of drug-likeness (QED) is 0.297. The van der Waals surface area contributed by atoms with Crippen LogP contribution in [-0.4, -0.2) is 83.9 Å². The average Bonchev–Trinajstić information content (AvgIpc) is 3.96. The molecule has 2 bridgehead atoms. The molecule has 0 radical (unpaired) electrons. The van der Waals surface area contributed by atoms with E-state index in [2.05, 4.69) is 74.4 Å². The fourth-order valence-corrected chi connectivity index (χ4v) is 8.86. The van der Waals surface area contributed by atoms with E-state index in [0.29, 0.717) is 37.3 Å². The van der Waals surface area contributed by atoms with Crippen LogP contribution in [0.3, 0.4) is 0 Å². The van der Waals surface area contributed by atoms with Crippen LogP contribution in [-0.2, 0) is 28.3 Å². The zero-order valence-electron chi connectivity index (χ0n) is 30.7. The van der Waals surface area contributed by atoms with Crippen molar-refractivity contribution in [2.75, 3.05) is 26.9 Å². The van der Waals surface area contributed by atoms with Crippen molar-refractivity contribution in [3.05, 3.63) is 59.5 Å². The van der Waals surface area contributed by atoms with E-state index >= 15 is 0 Å². The Hall–Kier alpha value is -3.71. The van der Waals surface area contributed by atoms with Gasteiger partial charge in [0.2, 0.25) is 5.91 Å². The summed E-state index contributed by atoms with van der Waals surface area (Å²) >= 11 is 0. The van der Waals surface area contributed by atoms with Gasteiger partial charge in [-0.1, -0.05) is 50.2 Å². The SMILES string of the molecule is COC(=O)N[C@H](C(=O)N1CC2(C[C@H]1c1ncc(-c3ccc(-c4ccc(B5OC(C)(C)C(C)(C)O5)c5c4C4CCC5C4)cc3)[nH]1)OCCO2)C(C)C. The molecular weight excluding hydrogens is 647 g/mol. The lowest BCUT2D eigenvalue weighted by Gasteiger charge is -2.32. The topological polar surface area (TPSA) is 124 Å².